The lowest BCUT2D eigenvalue weighted by Gasteiger charge is -2.43. The Morgan fingerprint density at radius 1 is 0.871 bits per heavy atom. The molecule has 5 rings (SSSR count). The second-order valence-electron chi connectivity index (χ2n) is 21.1. The molecule has 0 radical (unpaired) electrons. The van der Waals surface area contributed by atoms with Gasteiger partial charge in [0, 0.05) is 51.4 Å². The summed E-state index contributed by atoms with van der Waals surface area (Å²) in [6, 6.07) is 8.08. The Kier molecular flexibility index (Phi) is 21.6. The van der Waals surface area contributed by atoms with Gasteiger partial charge in [0.15, 0.2) is 5.78 Å². The Balaban J connectivity index is 1.49. The smallest absolute Gasteiger partial charge is 0.329 e. The van der Waals surface area contributed by atoms with E-state index >= 15 is 0 Å². The first-order chi connectivity index (χ1) is 33.3. The number of rotatable bonds is 7. The first-order valence-electron chi connectivity index (χ1n) is 25.9. The number of carbonyl (C=O) groups is 4. The van der Waals surface area contributed by atoms with Crippen LogP contribution >= 0.6 is 0 Å². The number of aliphatic hydroxyl groups is 3. The number of fused-ring (bicyclic) bond motifs is 3. The Labute approximate surface area is 417 Å². The number of cyclic esters (lactones) is 1. The highest BCUT2D eigenvalue weighted by molar-refractivity contribution is 6.39. The van der Waals surface area contributed by atoms with Crippen molar-refractivity contribution in [2.45, 2.75) is 186 Å². The molecule has 2 bridgehead atoms. The maximum atomic E-state index is 14.5. The van der Waals surface area contributed by atoms with E-state index in [0.717, 1.165) is 17.7 Å². The zero-order valence-electron chi connectivity index (χ0n) is 43.4. The molecule has 1 aromatic carbocycles. The summed E-state index contributed by atoms with van der Waals surface area (Å²) in [7, 11) is 5.02. The van der Waals surface area contributed by atoms with E-state index in [9.17, 15) is 34.5 Å². The fourth-order valence-electron chi connectivity index (χ4n) is 11.2. The molecule has 14 nitrogen and oxygen atoms in total. The van der Waals surface area contributed by atoms with E-state index in [1.165, 1.54) is 12.0 Å². The average Bonchev–Trinajstić information content (AvgIpc) is 3.35. The number of nitrogens with zero attached hydrogens (tertiary/aromatic N) is 2. The van der Waals surface area contributed by atoms with E-state index in [1.807, 2.05) is 95.5 Å². The Morgan fingerprint density at radius 2 is 1.60 bits per heavy atom. The van der Waals surface area contributed by atoms with Gasteiger partial charge in [-0.25, -0.2) is 4.79 Å². The number of Topliss-reactive ketones (excluding diaryl/α,β-unsaturated/α-hetero) is 2. The van der Waals surface area contributed by atoms with Crippen molar-refractivity contribution >= 4 is 29.1 Å². The van der Waals surface area contributed by atoms with E-state index in [2.05, 4.69) is 4.90 Å². The molecular weight excluding hydrogens is 891 g/mol. The summed E-state index contributed by atoms with van der Waals surface area (Å²) in [6.07, 6.45) is 14.1. The number of anilines is 1. The number of amides is 1. The first-order valence-corrected chi connectivity index (χ1v) is 25.9. The maximum absolute atomic E-state index is 14.5. The number of allylic oxidation sites excluding steroid dienone is 5. The lowest BCUT2D eigenvalue weighted by molar-refractivity contribution is -0.263. The van der Waals surface area contributed by atoms with Crippen molar-refractivity contribution in [1.29, 1.82) is 0 Å². The van der Waals surface area contributed by atoms with Crippen LogP contribution < -0.4 is 10.6 Å². The zero-order chi connectivity index (χ0) is 51.3. The molecule has 0 aromatic heterocycles. The number of benzene rings is 1. The van der Waals surface area contributed by atoms with Crippen LogP contribution in [-0.2, 0) is 38.1 Å². The highest BCUT2D eigenvalue weighted by Gasteiger charge is 2.53. The summed E-state index contributed by atoms with van der Waals surface area (Å²) >= 11 is 0. The van der Waals surface area contributed by atoms with E-state index in [1.54, 1.807) is 27.0 Å². The molecule has 0 spiro atoms. The fourth-order valence-corrected chi connectivity index (χ4v) is 11.2. The minimum atomic E-state index is -2.41. The van der Waals surface area contributed by atoms with Crippen LogP contribution in [0.15, 0.2) is 77.9 Å². The van der Waals surface area contributed by atoms with E-state index < -0.39 is 77.9 Å². The summed E-state index contributed by atoms with van der Waals surface area (Å²) in [4.78, 5) is 60.7. The molecule has 70 heavy (non-hydrogen) atoms. The summed E-state index contributed by atoms with van der Waals surface area (Å²) in [5, 5.41) is 34.2. The molecule has 1 saturated carbocycles. The summed E-state index contributed by atoms with van der Waals surface area (Å²) in [6.45, 7) is 11.5. The van der Waals surface area contributed by atoms with E-state index in [-0.39, 0.29) is 48.6 Å². The predicted molar refractivity (Wildman–Crippen MR) is 271 cm³/mol. The van der Waals surface area contributed by atoms with Crippen LogP contribution in [0.5, 0.6) is 0 Å². The van der Waals surface area contributed by atoms with Crippen molar-refractivity contribution in [2.75, 3.05) is 32.7 Å². The third-order valence-electron chi connectivity index (χ3n) is 15.7. The van der Waals surface area contributed by atoms with Crippen molar-refractivity contribution in [3.8, 4) is 0 Å². The van der Waals surface area contributed by atoms with Crippen LogP contribution in [0.2, 0.25) is 0 Å². The number of piperidine rings is 1. The Bertz CT molecular complexity index is 2010. The van der Waals surface area contributed by atoms with Crippen LogP contribution in [-0.4, -0.2) is 132 Å². The summed E-state index contributed by atoms with van der Waals surface area (Å²) in [5.41, 5.74) is 9.18. The second kappa shape index (κ2) is 26.6. The van der Waals surface area contributed by atoms with Gasteiger partial charge < -0.3 is 49.8 Å². The largest absolute Gasteiger partial charge is 0.461 e. The van der Waals surface area contributed by atoms with Crippen molar-refractivity contribution in [3.63, 3.8) is 0 Å². The van der Waals surface area contributed by atoms with Crippen LogP contribution in [0.25, 0.3) is 0 Å². The molecule has 14 heteroatoms. The lowest BCUT2D eigenvalue weighted by atomic mass is 9.78. The monoisotopic (exact) mass is 976 g/mol. The molecule has 1 aromatic rings. The van der Waals surface area contributed by atoms with Gasteiger partial charge >= 0.3 is 5.97 Å². The quantitative estimate of drug-likeness (QED) is 0.122. The Morgan fingerprint density at radius 3 is 2.30 bits per heavy atom. The molecule has 390 valence electrons. The first kappa shape index (κ1) is 56.9. The van der Waals surface area contributed by atoms with Gasteiger partial charge in [-0.15, -0.1) is 0 Å². The molecule has 1 amide bonds. The van der Waals surface area contributed by atoms with Gasteiger partial charge in [0.05, 0.1) is 24.4 Å². The van der Waals surface area contributed by atoms with Gasteiger partial charge in [-0.2, -0.15) is 0 Å². The summed E-state index contributed by atoms with van der Waals surface area (Å²) in [5.74, 6) is -6.32. The number of ether oxygens (including phenoxy) is 4. The van der Waals surface area contributed by atoms with Crippen LogP contribution in [0.1, 0.15) is 125 Å². The predicted octanol–water partition coefficient (Wildman–Crippen LogP) is 7.18. The minimum absolute atomic E-state index is 0.0388. The van der Waals surface area contributed by atoms with Gasteiger partial charge in [-0.1, -0.05) is 87.9 Å². The molecule has 5 N–H and O–H groups in total. The van der Waals surface area contributed by atoms with Crippen molar-refractivity contribution in [1.82, 2.24) is 4.90 Å². The molecule has 3 fully saturated rings. The number of para-hydroxylation sites is 1. The van der Waals surface area contributed by atoms with Crippen molar-refractivity contribution < 1.29 is 53.4 Å². The summed E-state index contributed by atoms with van der Waals surface area (Å²) < 4.78 is 24.0. The number of hydrogen-bond acceptors (Lipinski definition) is 13. The van der Waals surface area contributed by atoms with Crippen molar-refractivity contribution in [2.24, 2.45) is 35.3 Å². The Hall–Kier alpha value is -4.02. The molecular formula is C56H85N3O11. The average molecular weight is 976 g/mol. The molecule has 5 unspecified atom stereocenters. The number of ketones is 2. The van der Waals surface area contributed by atoms with Crippen molar-refractivity contribution in [3.05, 3.63) is 77.9 Å². The standard InChI is InChI=1S/C56H85N3O11/c1-35-18-12-10-13-19-36(2)46(58(7)43-20-14-11-15-21-43)34-44-26-23-40(6)56(66,70-44)53(63)54(64)59-29-17-16-22-45(59)55(65)69-48(37(3)31-41-24-27-47(60)49(33-41)67-8)28-25-42(57)32-39(5)51(62)52(68-9)50(61)38(4)30-35/h10-15,18-21,32,35,37-38,40-42,44-49,51-52,60,62,66H,16-17,22-31,33-34,57H2,1-9H3/b13-10+,18-12+,36-19+,39-32+/t35-,37-,38-,40?,41?,42+,44?,45?,46?,47-,48+,49-,51-,52+,56-/m1/s1. The molecule has 2 saturated heterocycles. The number of esters is 1. The van der Waals surface area contributed by atoms with Gasteiger partial charge in [0.25, 0.3) is 11.7 Å². The number of aliphatic hydroxyl groups excluding tert-OH is 2. The third kappa shape index (κ3) is 14.8. The number of nitrogens with two attached hydrogens (primary N) is 1. The van der Waals surface area contributed by atoms with Gasteiger partial charge in [0.2, 0.25) is 5.79 Å². The molecule has 3 aliphatic heterocycles. The van der Waals surface area contributed by atoms with Crippen LogP contribution in [0.3, 0.4) is 0 Å². The lowest BCUT2D eigenvalue weighted by Crippen LogP contribution is -2.61. The normalized spacial score (nSPS) is 38.2. The SMILES string of the molecule is CO[C@@H]1CC(C[C@@H](C)[C@@H]2CC[C@H](N)/C=C(\C)[C@@H](O)[C@@H](OC)C(=O)[C@H](C)C[C@H](C)/C=C/C=C/C=C(\C)C(N(C)c3ccccc3)CC3CCC(C)[C@@](O)(O3)C(=O)C(=O)N3CCCCC3C(=O)O2)CC[C@H]1O. The minimum Gasteiger partial charge on any atom is -0.461 e. The topological polar surface area (TPSA) is 198 Å². The van der Waals surface area contributed by atoms with Crippen LogP contribution in [0.4, 0.5) is 5.69 Å². The van der Waals surface area contributed by atoms with Gasteiger partial charge in [-0.3, -0.25) is 14.4 Å². The highest BCUT2D eigenvalue weighted by atomic mass is 16.6. The second-order valence-corrected chi connectivity index (χ2v) is 21.1. The molecule has 15 atom stereocenters. The number of hydrogen-bond donors (Lipinski definition) is 4. The molecule has 1 aliphatic carbocycles. The third-order valence-corrected chi connectivity index (χ3v) is 15.7. The maximum Gasteiger partial charge on any atom is 0.329 e. The fraction of sp³-hybridized carbons (Fsp3) is 0.679. The molecule has 3 heterocycles. The number of likely N-dealkylation sites (N-methyl/N-ethyl adjacent to an activating group) is 1. The number of methoxy groups -OCH3 is 2. The van der Waals surface area contributed by atoms with Gasteiger partial charge in [0.1, 0.15) is 24.4 Å². The highest BCUT2D eigenvalue weighted by Crippen LogP contribution is 2.38. The zero-order valence-corrected chi connectivity index (χ0v) is 43.4. The number of carbonyl (C=O) groups excluding carboxylic acids is 4. The van der Waals surface area contributed by atoms with E-state index in [4.69, 9.17) is 24.7 Å². The van der Waals surface area contributed by atoms with Crippen LogP contribution in [0, 0.1) is 29.6 Å². The van der Waals surface area contributed by atoms with E-state index in [0.29, 0.717) is 76.2 Å². The van der Waals surface area contributed by atoms with Gasteiger partial charge in [-0.05, 0) is 133 Å². The molecule has 4 aliphatic rings.